The van der Waals surface area contributed by atoms with Gasteiger partial charge < -0.3 is 16.0 Å². The van der Waals surface area contributed by atoms with Crippen LogP contribution in [0.4, 0.5) is 20.5 Å². The predicted molar refractivity (Wildman–Crippen MR) is 93.1 cm³/mol. The van der Waals surface area contributed by atoms with Gasteiger partial charge in [-0.3, -0.25) is 4.68 Å². The Morgan fingerprint density at radius 1 is 1.24 bits per heavy atom. The van der Waals surface area contributed by atoms with E-state index in [0.29, 0.717) is 17.6 Å². The molecule has 0 bridgehead atoms. The van der Waals surface area contributed by atoms with Crippen LogP contribution in [0.2, 0.25) is 0 Å². The largest absolute Gasteiger partial charge is 0.383 e. The van der Waals surface area contributed by atoms with Crippen molar-refractivity contribution in [2.24, 2.45) is 7.05 Å². The van der Waals surface area contributed by atoms with Crippen LogP contribution in [0, 0.1) is 11.6 Å². The van der Waals surface area contributed by atoms with Gasteiger partial charge >= 0.3 is 0 Å². The number of aromatic nitrogens is 4. The van der Waals surface area contributed by atoms with Crippen LogP contribution in [0.3, 0.4) is 0 Å². The van der Waals surface area contributed by atoms with E-state index in [1.807, 2.05) is 19.0 Å². The molecule has 0 saturated carbocycles. The van der Waals surface area contributed by atoms with Gasteiger partial charge in [0.25, 0.3) is 0 Å². The normalized spacial score (nSPS) is 11.4. The highest BCUT2D eigenvalue weighted by atomic mass is 19.2. The molecule has 7 nitrogen and oxygen atoms in total. The van der Waals surface area contributed by atoms with Gasteiger partial charge in [0, 0.05) is 25.7 Å². The van der Waals surface area contributed by atoms with Gasteiger partial charge in [-0.1, -0.05) is 6.07 Å². The van der Waals surface area contributed by atoms with Crippen molar-refractivity contribution in [3.8, 4) is 11.3 Å². The number of likely N-dealkylation sites (N-methyl/N-ethyl adjacent to an activating group) is 1. The number of halogens is 2. The molecule has 3 aromatic rings. The summed E-state index contributed by atoms with van der Waals surface area (Å²) >= 11 is 0. The standard InChI is InChI=1S/C16H19F2N7/c1-24(2)8-7-20-16-21-13(9-5-4-6-10(17)12(9)18)11-14(19)25(3)23-15(11)22-16/h4-6H,7-8,19H2,1-3H3,(H,20,22,23). The molecule has 2 aromatic heterocycles. The van der Waals surface area contributed by atoms with Gasteiger partial charge in [-0.15, -0.1) is 0 Å². The predicted octanol–water partition coefficient (Wildman–Crippen LogP) is 1.86. The molecule has 0 radical (unpaired) electrons. The summed E-state index contributed by atoms with van der Waals surface area (Å²) in [7, 11) is 5.54. The van der Waals surface area contributed by atoms with Gasteiger partial charge in [-0.2, -0.15) is 10.1 Å². The van der Waals surface area contributed by atoms with Crippen LogP contribution in [-0.4, -0.2) is 51.8 Å². The molecule has 0 saturated heterocycles. The number of nitrogen functional groups attached to an aromatic ring is 1. The number of aryl methyl sites for hydroxylation is 1. The van der Waals surface area contributed by atoms with Crippen molar-refractivity contribution in [2.45, 2.75) is 0 Å². The fourth-order valence-corrected chi connectivity index (χ4v) is 2.47. The highest BCUT2D eigenvalue weighted by Crippen LogP contribution is 2.33. The van der Waals surface area contributed by atoms with Crippen molar-refractivity contribution in [3.63, 3.8) is 0 Å². The first-order valence-corrected chi connectivity index (χ1v) is 7.71. The average Bonchev–Trinajstić information content (AvgIpc) is 2.84. The maximum atomic E-state index is 14.3. The Balaban J connectivity index is 2.15. The van der Waals surface area contributed by atoms with Gasteiger partial charge in [-0.05, 0) is 26.2 Å². The van der Waals surface area contributed by atoms with Crippen molar-refractivity contribution < 1.29 is 8.78 Å². The molecule has 0 atom stereocenters. The topological polar surface area (TPSA) is 84.9 Å². The van der Waals surface area contributed by atoms with Crippen molar-refractivity contribution in [2.75, 3.05) is 38.2 Å². The Labute approximate surface area is 143 Å². The van der Waals surface area contributed by atoms with Gasteiger partial charge in [0.05, 0.1) is 11.1 Å². The number of nitrogens with zero attached hydrogens (tertiary/aromatic N) is 5. The van der Waals surface area contributed by atoms with E-state index in [9.17, 15) is 8.78 Å². The van der Waals surface area contributed by atoms with E-state index in [4.69, 9.17) is 5.73 Å². The van der Waals surface area contributed by atoms with Crippen LogP contribution in [0.1, 0.15) is 0 Å². The monoisotopic (exact) mass is 347 g/mol. The Kier molecular flexibility index (Phi) is 4.49. The van der Waals surface area contributed by atoms with E-state index >= 15 is 0 Å². The summed E-state index contributed by atoms with van der Waals surface area (Å²) in [6, 6.07) is 3.93. The Morgan fingerprint density at radius 2 is 2.00 bits per heavy atom. The van der Waals surface area contributed by atoms with E-state index in [0.717, 1.165) is 12.6 Å². The second-order valence-corrected chi connectivity index (χ2v) is 5.93. The first-order valence-electron chi connectivity index (χ1n) is 7.71. The molecule has 3 N–H and O–H groups in total. The number of benzene rings is 1. The Morgan fingerprint density at radius 3 is 2.72 bits per heavy atom. The maximum Gasteiger partial charge on any atom is 0.225 e. The zero-order valence-corrected chi connectivity index (χ0v) is 14.2. The van der Waals surface area contributed by atoms with Crippen LogP contribution in [0.5, 0.6) is 0 Å². The zero-order valence-electron chi connectivity index (χ0n) is 14.2. The summed E-state index contributed by atoms with van der Waals surface area (Å²) in [5, 5.41) is 7.69. The molecule has 0 aliphatic carbocycles. The first kappa shape index (κ1) is 17.0. The summed E-state index contributed by atoms with van der Waals surface area (Å²) in [6.07, 6.45) is 0. The minimum Gasteiger partial charge on any atom is -0.383 e. The van der Waals surface area contributed by atoms with Crippen LogP contribution >= 0.6 is 0 Å². The number of nitrogens with one attached hydrogen (secondary N) is 1. The molecule has 0 aliphatic heterocycles. The number of nitrogens with two attached hydrogens (primary N) is 1. The number of fused-ring (bicyclic) bond motifs is 1. The molecule has 0 aliphatic rings. The highest BCUT2D eigenvalue weighted by Gasteiger charge is 2.20. The lowest BCUT2D eigenvalue weighted by Gasteiger charge is -2.12. The van der Waals surface area contributed by atoms with E-state index in [2.05, 4.69) is 20.4 Å². The van der Waals surface area contributed by atoms with Crippen LogP contribution < -0.4 is 11.1 Å². The van der Waals surface area contributed by atoms with Crippen molar-refractivity contribution >= 4 is 22.8 Å². The van der Waals surface area contributed by atoms with Gasteiger partial charge in [0.15, 0.2) is 17.3 Å². The molecular formula is C16H19F2N7. The molecule has 1 aromatic carbocycles. The summed E-state index contributed by atoms with van der Waals surface area (Å²) in [6.45, 7) is 1.35. The second kappa shape index (κ2) is 6.60. The molecule has 2 heterocycles. The van der Waals surface area contributed by atoms with Crippen molar-refractivity contribution in [3.05, 3.63) is 29.8 Å². The average molecular weight is 347 g/mol. The fraction of sp³-hybridized carbons (Fsp3) is 0.312. The Bertz CT molecular complexity index is 920. The molecule has 9 heteroatoms. The van der Waals surface area contributed by atoms with E-state index in [1.54, 1.807) is 7.05 Å². The smallest absolute Gasteiger partial charge is 0.225 e. The first-order chi connectivity index (χ1) is 11.9. The lowest BCUT2D eigenvalue weighted by molar-refractivity contribution is 0.425. The highest BCUT2D eigenvalue weighted by molar-refractivity contribution is 5.98. The summed E-state index contributed by atoms with van der Waals surface area (Å²) in [5.74, 6) is -1.36. The molecule has 0 unspecified atom stereocenters. The zero-order chi connectivity index (χ0) is 18.1. The van der Waals surface area contributed by atoms with Crippen molar-refractivity contribution in [1.82, 2.24) is 24.6 Å². The second-order valence-electron chi connectivity index (χ2n) is 5.93. The number of hydrogen-bond donors (Lipinski definition) is 2. The molecular weight excluding hydrogens is 328 g/mol. The molecule has 3 rings (SSSR count). The van der Waals surface area contributed by atoms with E-state index in [-0.39, 0.29) is 23.0 Å². The fourth-order valence-electron chi connectivity index (χ4n) is 2.47. The molecule has 132 valence electrons. The summed E-state index contributed by atoms with van der Waals surface area (Å²) in [5.41, 5.74) is 6.58. The molecule has 25 heavy (non-hydrogen) atoms. The molecule has 0 fully saturated rings. The van der Waals surface area contributed by atoms with Crippen LogP contribution in [0.25, 0.3) is 22.3 Å². The third-order valence-corrected chi connectivity index (χ3v) is 3.79. The maximum absolute atomic E-state index is 14.3. The lowest BCUT2D eigenvalue weighted by Crippen LogP contribution is -2.21. The Hall–Kier alpha value is -2.81. The van der Waals surface area contributed by atoms with E-state index in [1.165, 1.54) is 16.8 Å². The molecule has 0 spiro atoms. The van der Waals surface area contributed by atoms with Gasteiger partial charge in [-0.25, -0.2) is 13.8 Å². The van der Waals surface area contributed by atoms with Gasteiger partial charge in [0.2, 0.25) is 5.95 Å². The third-order valence-electron chi connectivity index (χ3n) is 3.79. The minimum absolute atomic E-state index is 0.0164. The lowest BCUT2D eigenvalue weighted by atomic mass is 10.1. The number of hydrogen-bond acceptors (Lipinski definition) is 6. The summed E-state index contributed by atoms with van der Waals surface area (Å²) in [4.78, 5) is 10.7. The summed E-state index contributed by atoms with van der Waals surface area (Å²) < 4.78 is 29.4. The third kappa shape index (κ3) is 3.22. The number of anilines is 2. The van der Waals surface area contributed by atoms with Crippen molar-refractivity contribution in [1.29, 1.82) is 0 Å². The van der Waals surface area contributed by atoms with E-state index < -0.39 is 11.6 Å². The van der Waals surface area contributed by atoms with Crippen LogP contribution in [-0.2, 0) is 7.05 Å². The molecule has 0 amide bonds. The minimum atomic E-state index is -0.981. The van der Waals surface area contributed by atoms with Crippen LogP contribution in [0.15, 0.2) is 18.2 Å². The van der Waals surface area contributed by atoms with Gasteiger partial charge in [0.1, 0.15) is 5.82 Å². The quantitative estimate of drug-likeness (QED) is 0.733. The SMILES string of the molecule is CN(C)CCNc1nc(-c2cccc(F)c2F)c2c(N)n(C)nc2n1. The number of rotatable bonds is 5.